The van der Waals surface area contributed by atoms with E-state index >= 15 is 0 Å². The summed E-state index contributed by atoms with van der Waals surface area (Å²) in [5.74, 6) is 2.94. The minimum Gasteiger partial charge on any atom is -0.353 e. The Kier molecular flexibility index (Phi) is 12.0. The Labute approximate surface area is 164 Å². The first kappa shape index (κ1) is 24.3. The van der Waals surface area contributed by atoms with Crippen molar-refractivity contribution in [2.75, 3.05) is 31.1 Å². The van der Waals surface area contributed by atoms with Gasteiger partial charge in [0, 0.05) is 36.7 Å². The quantitative estimate of drug-likeness (QED) is 0.720. The molecule has 1 heterocycles. The van der Waals surface area contributed by atoms with Gasteiger partial charge in [-0.25, -0.2) is 0 Å². The number of hydrogen-bond donors (Lipinski definition) is 2. The van der Waals surface area contributed by atoms with Gasteiger partial charge in [-0.1, -0.05) is 33.1 Å². The summed E-state index contributed by atoms with van der Waals surface area (Å²) in [5.41, 5.74) is 6.21. The lowest BCUT2D eigenvalue weighted by molar-refractivity contribution is -0.123. The number of amides is 1. The summed E-state index contributed by atoms with van der Waals surface area (Å²) in [4.78, 5) is 14.9. The Bertz CT molecular complexity index is 360. The number of nitrogens with two attached hydrogens (primary N) is 1. The highest BCUT2D eigenvalue weighted by atomic mass is 35.5. The first-order valence-electron chi connectivity index (χ1n) is 8.89. The van der Waals surface area contributed by atoms with Crippen molar-refractivity contribution >= 4 is 42.5 Å². The number of nitrogens with zero attached hydrogens (tertiary/aromatic N) is 1. The van der Waals surface area contributed by atoms with Crippen LogP contribution >= 0.6 is 36.6 Å². The van der Waals surface area contributed by atoms with Crippen LogP contribution in [0, 0.1) is 5.92 Å². The molecule has 1 saturated heterocycles. The molecule has 144 valence electrons. The van der Waals surface area contributed by atoms with Gasteiger partial charge in [0.2, 0.25) is 5.91 Å². The molecule has 24 heavy (non-hydrogen) atoms. The molecule has 2 aliphatic rings. The molecule has 1 atom stereocenters. The van der Waals surface area contributed by atoms with E-state index in [1.54, 1.807) is 0 Å². The van der Waals surface area contributed by atoms with Crippen LogP contribution in [0.3, 0.4) is 0 Å². The molecule has 0 aromatic heterocycles. The molecule has 1 saturated carbocycles. The fourth-order valence-corrected chi connectivity index (χ4v) is 4.75. The zero-order chi connectivity index (χ0) is 16.0. The summed E-state index contributed by atoms with van der Waals surface area (Å²) >= 11 is 2.05. The molecule has 4 nitrogen and oxygen atoms in total. The van der Waals surface area contributed by atoms with Crippen molar-refractivity contribution in [1.82, 2.24) is 10.2 Å². The lowest BCUT2D eigenvalue weighted by Gasteiger charge is -2.48. The van der Waals surface area contributed by atoms with Crippen molar-refractivity contribution in [3.05, 3.63) is 0 Å². The number of carbonyl (C=O) groups excluding carboxylic acids is 1. The van der Waals surface area contributed by atoms with Gasteiger partial charge in [0.15, 0.2) is 0 Å². The molecule has 0 bridgehead atoms. The third-order valence-electron chi connectivity index (χ3n) is 5.12. The average molecular weight is 400 g/mol. The van der Waals surface area contributed by atoms with Crippen molar-refractivity contribution in [3.63, 3.8) is 0 Å². The number of hydrogen-bond acceptors (Lipinski definition) is 4. The van der Waals surface area contributed by atoms with Crippen molar-refractivity contribution < 1.29 is 4.79 Å². The highest BCUT2D eigenvalue weighted by Crippen LogP contribution is 2.34. The monoisotopic (exact) mass is 399 g/mol. The van der Waals surface area contributed by atoms with Crippen LogP contribution in [0.25, 0.3) is 0 Å². The minimum absolute atomic E-state index is 0. The molecule has 1 aliphatic carbocycles. The maximum Gasteiger partial charge on any atom is 0.236 e. The molecule has 7 heteroatoms. The number of halogens is 2. The summed E-state index contributed by atoms with van der Waals surface area (Å²) in [5, 5.41) is 3.18. The Hall–Kier alpha value is 0.320. The molecule has 0 aromatic rings. The van der Waals surface area contributed by atoms with Crippen LogP contribution in [0.5, 0.6) is 0 Å². The summed E-state index contributed by atoms with van der Waals surface area (Å²) in [7, 11) is 0. The van der Waals surface area contributed by atoms with Gasteiger partial charge in [-0.05, 0) is 25.2 Å². The zero-order valence-corrected chi connectivity index (χ0v) is 17.5. The molecule has 0 spiro atoms. The number of rotatable bonds is 6. The molecule has 0 unspecified atom stereocenters. The second-order valence-electron chi connectivity index (χ2n) is 7.34. The zero-order valence-electron chi connectivity index (χ0n) is 15.1. The molecule has 0 radical (unpaired) electrons. The first-order chi connectivity index (χ1) is 10.5. The normalized spacial score (nSPS) is 22.2. The van der Waals surface area contributed by atoms with E-state index in [1.807, 2.05) is 11.8 Å². The van der Waals surface area contributed by atoms with Crippen LogP contribution in [0.15, 0.2) is 0 Å². The first-order valence-corrected chi connectivity index (χ1v) is 10.0. The predicted octanol–water partition coefficient (Wildman–Crippen LogP) is 3.07. The van der Waals surface area contributed by atoms with E-state index in [4.69, 9.17) is 5.73 Å². The molecule has 1 amide bonds. The molecule has 2 rings (SSSR count). The van der Waals surface area contributed by atoms with Gasteiger partial charge >= 0.3 is 0 Å². The second-order valence-corrected chi connectivity index (χ2v) is 8.56. The Morgan fingerprint density at radius 1 is 1.17 bits per heavy atom. The van der Waals surface area contributed by atoms with Gasteiger partial charge in [0.1, 0.15) is 0 Å². The van der Waals surface area contributed by atoms with Crippen molar-refractivity contribution in [2.45, 2.75) is 64.0 Å². The molecular weight excluding hydrogens is 365 g/mol. The molecule has 2 fully saturated rings. The highest BCUT2D eigenvalue weighted by molar-refractivity contribution is 7.99. The SMILES string of the molecule is CC(C)C[C@H](N)C(=O)NCC1(N2CCSCC2)CCCCC1.Cl.Cl. The summed E-state index contributed by atoms with van der Waals surface area (Å²) in [6.45, 7) is 7.34. The lowest BCUT2D eigenvalue weighted by atomic mass is 9.80. The predicted molar refractivity (Wildman–Crippen MR) is 110 cm³/mol. The van der Waals surface area contributed by atoms with E-state index in [1.165, 1.54) is 56.7 Å². The van der Waals surface area contributed by atoms with E-state index in [0.29, 0.717) is 5.92 Å². The van der Waals surface area contributed by atoms with Crippen LogP contribution in [-0.4, -0.2) is 53.5 Å². The van der Waals surface area contributed by atoms with E-state index in [0.717, 1.165) is 13.0 Å². The van der Waals surface area contributed by atoms with E-state index in [-0.39, 0.29) is 42.3 Å². The topological polar surface area (TPSA) is 58.4 Å². The summed E-state index contributed by atoms with van der Waals surface area (Å²) in [6, 6.07) is -0.363. The van der Waals surface area contributed by atoms with Crippen LogP contribution < -0.4 is 11.1 Å². The van der Waals surface area contributed by atoms with Crippen molar-refractivity contribution in [3.8, 4) is 0 Å². The largest absolute Gasteiger partial charge is 0.353 e. The maximum absolute atomic E-state index is 12.3. The Morgan fingerprint density at radius 3 is 2.29 bits per heavy atom. The van der Waals surface area contributed by atoms with Crippen LogP contribution in [0.1, 0.15) is 52.4 Å². The Balaban J connectivity index is 0.00000264. The van der Waals surface area contributed by atoms with Crippen molar-refractivity contribution in [2.24, 2.45) is 11.7 Å². The molecule has 3 N–H and O–H groups in total. The number of thioether (sulfide) groups is 1. The summed E-state index contributed by atoms with van der Waals surface area (Å²) in [6.07, 6.45) is 7.12. The number of nitrogens with one attached hydrogen (secondary N) is 1. The molecular formula is C17H35Cl2N3OS. The molecule has 1 aliphatic heterocycles. The van der Waals surface area contributed by atoms with E-state index < -0.39 is 0 Å². The standard InChI is InChI=1S/C17H33N3OS.2ClH/c1-14(2)12-15(18)16(21)19-13-17(6-4-3-5-7-17)20-8-10-22-11-9-20;;/h14-15H,3-13,18H2,1-2H3,(H,19,21);2*1H/t15-;;/m0../s1. The van der Waals surface area contributed by atoms with Crippen LogP contribution in [-0.2, 0) is 4.79 Å². The van der Waals surface area contributed by atoms with Gasteiger partial charge < -0.3 is 11.1 Å². The van der Waals surface area contributed by atoms with E-state index in [9.17, 15) is 4.79 Å². The Morgan fingerprint density at radius 2 is 1.75 bits per heavy atom. The van der Waals surface area contributed by atoms with E-state index in [2.05, 4.69) is 24.1 Å². The van der Waals surface area contributed by atoms with Crippen molar-refractivity contribution in [1.29, 1.82) is 0 Å². The van der Waals surface area contributed by atoms with Gasteiger partial charge in [-0.3, -0.25) is 9.69 Å². The average Bonchev–Trinajstić information content (AvgIpc) is 2.53. The van der Waals surface area contributed by atoms with Gasteiger partial charge in [0.25, 0.3) is 0 Å². The van der Waals surface area contributed by atoms with Crippen LogP contribution in [0.2, 0.25) is 0 Å². The van der Waals surface area contributed by atoms with Crippen LogP contribution in [0.4, 0.5) is 0 Å². The third-order valence-corrected chi connectivity index (χ3v) is 6.06. The van der Waals surface area contributed by atoms with Gasteiger partial charge in [0.05, 0.1) is 6.04 Å². The van der Waals surface area contributed by atoms with Gasteiger partial charge in [-0.15, -0.1) is 24.8 Å². The fourth-order valence-electron chi connectivity index (χ4n) is 3.85. The minimum atomic E-state index is -0.363. The number of carbonyl (C=O) groups is 1. The third kappa shape index (κ3) is 6.91. The highest BCUT2D eigenvalue weighted by Gasteiger charge is 2.38. The maximum atomic E-state index is 12.3. The smallest absolute Gasteiger partial charge is 0.236 e. The molecule has 0 aromatic carbocycles. The van der Waals surface area contributed by atoms with Gasteiger partial charge in [-0.2, -0.15) is 11.8 Å². The summed E-state index contributed by atoms with van der Waals surface area (Å²) < 4.78 is 0. The second kappa shape index (κ2) is 11.8. The lowest BCUT2D eigenvalue weighted by Crippen LogP contribution is -2.60. The fraction of sp³-hybridized carbons (Fsp3) is 0.941.